The van der Waals surface area contributed by atoms with Crippen molar-refractivity contribution in [3.63, 3.8) is 0 Å². The van der Waals surface area contributed by atoms with Crippen molar-refractivity contribution in [1.82, 2.24) is 9.55 Å². The number of hydrogen-bond acceptors (Lipinski definition) is 2. The second kappa shape index (κ2) is 1.18. The number of aliphatic imine (C=N–C) groups is 1. The van der Waals surface area contributed by atoms with Gasteiger partial charge in [-0.05, 0) is 0 Å². The predicted octanol–water partition coefficient (Wildman–Crippen LogP) is 0.273. The van der Waals surface area contributed by atoms with E-state index < -0.39 is 0 Å². The van der Waals surface area contributed by atoms with Crippen LogP contribution in [0.3, 0.4) is 0 Å². The van der Waals surface area contributed by atoms with Crippen molar-refractivity contribution in [2.45, 2.75) is 6.54 Å². The Labute approximate surface area is 46.7 Å². The van der Waals surface area contributed by atoms with Crippen molar-refractivity contribution < 1.29 is 0 Å². The zero-order chi connectivity index (χ0) is 5.40. The van der Waals surface area contributed by atoms with Gasteiger partial charge in [-0.15, -0.1) is 0 Å². The molecule has 0 atom stereocenters. The molecular weight excluding hydrogens is 102 g/mol. The summed E-state index contributed by atoms with van der Waals surface area (Å²) in [7, 11) is 0. The molecule has 0 aromatic carbocycles. The molecule has 0 aliphatic carbocycles. The van der Waals surface area contributed by atoms with Crippen molar-refractivity contribution in [3.05, 3.63) is 18.2 Å². The molecule has 1 aromatic rings. The first-order valence-electron chi connectivity index (χ1n) is 2.47. The monoisotopic (exact) mass is 107 g/mol. The first kappa shape index (κ1) is 3.83. The van der Waals surface area contributed by atoms with Crippen molar-refractivity contribution in [1.29, 1.82) is 0 Å². The summed E-state index contributed by atoms with van der Waals surface area (Å²) >= 11 is 0. The molecule has 0 spiro atoms. The van der Waals surface area contributed by atoms with Gasteiger partial charge in [0.25, 0.3) is 0 Å². The summed E-state index contributed by atoms with van der Waals surface area (Å²) in [5.41, 5.74) is 1.17. The van der Waals surface area contributed by atoms with Crippen LogP contribution in [-0.2, 0) is 6.54 Å². The van der Waals surface area contributed by atoms with Gasteiger partial charge in [0.15, 0.2) is 0 Å². The van der Waals surface area contributed by atoms with E-state index in [2.05, 4.69) is 9.98 Å². The summed E-state index contributed by atoms with van der Waals surface area (Å²) in [6.07, 6.45) is 5.36. The van der Waals surface area contributed by atoms with Crippen LogP contribution in [0.4, 0.5) is 0 Å². The molecule has 0 amide bonds. The highest BCUT2D eigenvalue weighted by Gasteiger charge is 2.01. The van der Waals surface area contributed by atoms with E-state index in [-0.39, 0.29) is 0 Å². The molecule has 0 saturated heterocycles. The highest BCUT2D eigenvalue weighted by Crippen LogP contribution is 2.02. The number of imidazole rings is 1. The molecule has 0 unspecified atom stereocenters. The number of nitrogens with zero attached hydrogens (tertiary/aromatic N) is 3. The third-order valence-corrected chi connectivity index (χ3v) is 1.21. The molecule has 3 nitrogen and oxygen atoms in total. The quantitative estimate of drug-likeness (QED) is 0.468. The fourth-order valence-corrected chi connectivity index (χ4v) is 0.781. The lowest BCUT2D eigenvalue weighted by Gasteiger charge is -1.82. The van der Waals surface area contributed by atoms with Crippen LogP contribution >= 0.6 is 0 Å². The Bertz CT molecular complexity index is 223. The van der Waals surface area contributed by atoms with Gasteiger partial charge in [0, 0.05) is 0 Å². The zero-order valence-corrected chi connectivity index (χ0v) is 4.28. The largest absolute Gasteiger partial charge is 0.292 e. The highest BCUT2D eigenvalue weighted by molar-refractivity contribution is 5.61. The summed E-state index contributed by atoms with van der Waals surface area (Å²) in [6, 6.07) is 0. The molecule has 0 N–H and O–H groups in total. The normalized spacial score (nSPS) is 14.5. The Morgan fingerprint density at radius 3 is 3.50 bits per heavy atom. The van der Waals surface area contributed by atoms with Crippen molar-refractivity contribution in [2.24, 2.45) is 4.99 Å². The second-order valence-electron chi connectivity index (χ2n) is 1.75. The minimum Gasteiger partial charge on any atom is -0.292 e. The molecule has 1 aliphatic heterocycles. The summed E-state index contributed by atoms with van der Waals surface area (Å²) in [6.45, 7) is 0.792. The second-order valence-corrected chi connectivity index (χ2v) is 1.75. The molecule has 1 aliphatic rings. The van der Waals surface area contributed by atoms with Crippen molar-refractivity contribution in [2.75, 3.05) is 0 Å². The first-order chi connectivity index (χ1) is 3.97. The van der Waals surface area contributed by atoms with Crippen molar-refractivity contribution in [3.8, 4) is 0 Å². The summed E-state index contributed by atoms with van der Waals surface area (Å²) in [5, 5.41) is 0. The highest BCUT2D eigenvalue weighted by atomic mass is 15.1. The fraction of sp³-hybridized carbons (Fsp3) is 0.200. The summed E-state index contributed by atoms with van der Waals surface area (Å²) in [4.78, 5) is 7.92. The minimum absolute atomic E-state index is 0.792. The third kappa shape index (κ3) is 0.332. The van der Waals surface area contributed by atoms with Gasteiger partial charge in [0.2, 0.25) is 0 Å². The summed E-state index contributed by atoms with van der Waals surface area (Å²) < 4.78 is 1.92. The molecule has 0 fully saturated rings. The van der Waals surface area contributed by atoms with Gasteiger partial charge in [-0.1, -0.05) is 0 Å². The van der Waals surface area contributed by atoms with E-state index in [0.717, 1.165) is 6.54 Å². The van der Waals surface area contributed by atoms with Crippen LogP contribution in [-0.4, -0.2) is 15.9 Å². The summed E-state index contributed by atoms with van der Waals surface area (Å²) in [5.74, 6) is 0. The van der Waals surface area contributed by atoms with E-state index in [0.29, 0.717) is 0 Å². The first-order valence-corrected chi connectivity index (χ1v) is 2.47. The Morgan fingerprint density at radius 2 is 2.62 bits per heavy atom. The molecule has 2 rings (SSSR count). The van der Waals surface area contributed by atoms with E-state index in [1.807, 2.05) is 10.8 Å². The molecule has 3 heteroatoms. The Kier molecular flexibility index (Phi) is 0.566. The lowest BCUT2D eigenvalue weighted by Crippen LogP contribution is -1.88. The van der Waals surface area contributed by atoms with Gasteiger partial charge in [0.05, 0.1) is 24.8 Å². The van der Waals surface area contributed by atoms with Crippen LogP contribution in [0.1, 0.15) is 5.69 Å². The lowest BCUT2D eigenvalue weighted by atomic mass is 10.5. The standard InChI is InChI=1S/C5H5N3/c1-5-2-7-4-8(5)3-6-1/h1,3-4H,2H2. The van der Waals surface area contributed by atoms with E-state index in [9.17, 15) is 0 Å². The molecule has 2 heterocycles. The van der Waals surface area contributed by atoms with Crippen LogP contribution in [0, 0.1) is 0 Å². The lowest BCUT2D eigenvalue weighted by molar-refractivity contribution is 1.04. The minimum atomic E-state index is 0.792. The van der Waals surface area contributed by atoms with Crippen LogP contribution < -0.4 is 0 Å². The number of rotatable bonds is 0. The van der Waals surface area contributed by atoms with Gasteiger partial charge in [-0.25, -0.2) is 4.98 Å². The van der Waals surface area contributed by atoms with E-state index in [1.54, 1.807) is 12.7 Å². The fourth-order valence-electron chi connectivity index (χ4n) is 0.781. The Morgan fingerprint density at radius 1 is 1.62 bits per heavy atom. The Balaban J connectivity index is 2.67. The van der Waals surface area contributed by atoms with Crippen LogP contribution in [0.15, 0.2) is 17.5 Å². The van der Waals surface area contributed by atoms with Gasteiger partial charge >= 0.3 is 0 Å². The van der Waals surface area contributed by atoms with E-state index >= 15 is 0 Å². The zero-order valence-electron chi connectivity index (χ0n) is 4.28. The van der Waals surface area contributed by atoms with Gasteiger partial charge in [0.1, 0.15) is 6.33 Å². The molecule has 1 aromatic heterocycles. The smallest absolute Gasteiger partial charge is 0.100 e. The maximum Gasteiger partial charge on any atom is 0.100 e. The topological polar surface area (TPSA) is 30.2 Å². The predicted molar refractivity (Wildman–Crippen MR) is 29.8 cm³/mol. The van der Waals surface area contributed by atoms with Gasteiger partial charge in [-0.3, -0.25) is 9.56 Å². The molecular formula is C5H5N3. The third-order valence-electron chi connectivity index (χ3n) is 1.21. The number of hydrogen-bond donors (Lipinski definition) is 0. The van der Waals surface area contributed by atoms with Gasteiger partial charge in [-0.2, -0.15) is 0 Å². The molecule has 0 bridgehead atoms. The molecule has 0 saturated carbocycles. The van der Waals surface area contributed by atoms with Crippen LogP contribution in [0.5, 0.6) is 0 Å². The Hall–Kier alpha value is -1.12. The van der Waals surface area contributed by atoms with Gasteiger partial charge < -0.3 is 0 Å². The number of aromatic nitrogens is 2. The van der Waals surface area contributed by atoms with E-state index in [4.69, 9.17) is 0 Å². The van der Waals surface area contributed by atoms with Crippen LogP contribution in [0.25, 0.3) is 0 Å². The average molecular weight is 107 g/mol. The average Bonchev–Trinajstić information content (AvgIpc) is 2.15. The van der Waals surface area contributed by atoms with E-state index in [1.165, 1.54) is 5.69 Å². The maximum atomic E-state index is 4.01. The molecule has 40 valence electrons. The SMILES string of the molecule is C1=NCc2cncn21. The number of fused-ring (bicyclic) bond motifs is 1. The maximum absolute atomic E-state index is 4.01. The molecule has 8 heavy (non-hydrogen) atoms. The van der Waals surface area contributed by atoms with Crippen LogP contribution in [0.2, 0.25) is 0 Å². The van der Waals surface area contributed by atoms with Crippen molar-refractivity contribution >= 4 is 6.34 Å². The molecule has 0 radical (unpaired) electrons.